The average Bonchev–Trinajstić information content (AvgIpc) is 2.34. The summed E-state index contributed by atoms with van der Waals surface area (Å²) in [5.41, 5.74) is 6.81. The largest absolute Gasteiger partial charge is 0.330 e. The van der Waals surface area contributed by atoms with Crippen molar-refractivity contribution in [2.45, 2.75) is 38.8 Å². The van der Waals surface area contributed by atoms with Crippen molar-refractivity contribution < 1.29 is 0 Å². The number of nitrogens with zero attached hydrogens (tertiary/aromatic N) is 1. The summed E-state index contributed by atoms with van der Waals surface area (Å²) in [5, 5.41) is 0.803. The van der Waals surface area contributed by atoms with E-state index >= 15 is 0 Å². The highest BCUT2D eigenvalue weighted by Crippen LogP contribution is 2.24. The monoisotopic (exact) mass is 254 g/mol. The normalized spacial score (nSPS) is 14.9. The second kappa shape index (κ2) is 7.00. The maximum atomic E-state index is 6.02. The van der Waals surface area contributed by atoms with E-state index in [0.29, 0.717) is 12.1 Å². The van der Waals surface area contributed by atoms with Crippen LogP contribution in [0.2, 0.25) is 5.02 Å². The fourth-order valence-electron chi connectivity index (χ4n) is 2.00. The lowest BCUT2D eigenvalue weighted by molar-refractivity contribution is 0.187. The van der Waals surface area contributed by atoms with E-state index in [-0.39, 0.29) is 0 Å². The van der Waals surface area contributed by atoms with Gasteiger partial charge in [-0.1, -0.05) is 23.7 Å². The first kappa shape index (κ1) is 14.5. The van der Waals surface area contributed by atoms with Crippen LogP contribution in [0.15, 0.2) is 24.3 Å². The zero-order chi connectivity index (χ0) is 12.8. The molecule has 0 saturated heterocycles. The van der Waals surface area contributed by atoms with E-state index < -0.39 is 0 Å². The molecule has 3 heteroatoms. The molecule has 0 fully saturated rings. The minimum atomic E-state index is 0.376. The van der Waals surface area contributed by atoms with Gasteiger partial charge < -0.3 is 5.73 Å². The molecular formula is C14H23ClN2. The van der Waals surface area contributed by atoms with Crippen LogP contribution < -0.4 is 5.73 Å². The van der Waals surface area contributed by atoms with Gasteiger partial charge in [0.25, 0.3) is 0 Å². The quantitative estimate of drug-likeness (QED) is 0.843. The lowest BCUT2D eigenvalue weighted by Crippen LogP contribution is -2.32. The molecule has 0 aliphatic carbocycles. The van der Waals surface area contributed by atoms with E-state index in [4.69, 9.17) is 17.3 Å². The van der Waals surface area contributed by atoms with Gasteiger partial charge in [-0.3, -0.25) is 4.90 Å². The Morgan fingerprint density at radius 2 is 2.06 bits per heavy atom. The molecule has 0 aliphatic heterocycles. The molecule has 1 aromatic rings. The molecule has 0 aromatic heterocycles. The second-order valence-corrected chi connectivity index (χ2v) is 5.11. The zero-order valence-corrected chi connectivity index (χ0v) is 11.7. The Labute approximate surface area is 110 Å². The molecule has 0 saturated carbocycles. The average molecular weight is 255 g/mol. The van der Waals surface area contributed by atoms with Gasteiger partial charge in [0, 0.05) is 17.1 Å². The summed E-state index contributed by atoms with van der Waals surface area (Å²) in [6, 6.07) is 9.00. The molecule has 17 heavy (non-hydrogen) atoms. The third-order valence-corrected chi connectivity index (χ3v) is 3.70. The smallest absolute Gasteiger partial charge is 0.0409 e. The molecule has 0 aliphatic rings. The van der Waals surface area contributed by atoms with E-state index in [2.05, 4.69) is 31.9 Å². The van der Waals surface area contributed by atoms with Crippen LogP contribution in [-0.2, 0) is 0 Å². The lowest BCUT2D eigenvalue weighted by atomic mass is 10.0. The van der Waals surface area contributed by atoms with Gasteiger partial charge in [0.2, 0.25) is 0 Å². The van der Waals surface area contributed by atoms with Gasteiger partial charge in [-0.2, -0.15) is 0 Å². The topological polar surface area (TPSA) is 29.3 Å². The van der Waals surface area contributed by atoms with Crippen LogP contribution in [0, 0.1) is 0 Å². The Kier molecular flexibility index (Phi) is 5.96. The van der Waals surface area contributed by atoms with Crippen LogP contribution in [0.1, 0.15) is 38.3 Å². The van der Waals surface area contributed by atoms with E-state index in [1.54, 1.807) is 0 Å². The van der Waals surface area contributed by atoms with E-state index in [1.165, 1.54) is 5.56 Å². The van der Waals surface area contributed by atoms with Gasteiger partial charge >= 0.3 is 0 Å². The number of nitrogens with two attached hydrogens (primary N) is 1. The Morgan fingerprint density at radius 3 is 2.65 bits per heavy atom. The summed E-state index contributed by atoms with van der Waals surface area (Å²) in [4.78, 5) is 2.38. The molecule has 2 nitrogen and oxygen atoms in total. The summed E-state index contributed by atoms with van der Waals surface area (Å²) in [5.74, 6) is 0. The van der Waals surface area contributed by atoms with Gasteiger partial charge in [0.05, 0.1) is 0 Å². The fraction of sp³-hybridized carbons (Fsp3) is 0.571. The molecule has 2 unspecified atom stereocenters. The number of hydrogen-bond donors (Lipinski definition) is 1. The first-order valence-corrected chi connectivity index (χ1v) is 6.61. The van der Waals surface area contributed by atoms with Gasteiger partial charge in [-0.05, 0) is 58.0 Å². The molecule has 0 heterocycles. The molecule has 96 valence electrons. The molecule has 0 amide bonds. The zero-order valence-electron chi connectivity index (χ0n) is 11.0. The third-order valence-electron chi connectivity index (χ3n) is 3.46. The number of hydrogen-bond acceptors (Lipinski definition) is 2. The van der Waals surface area contributed by atoms with Crippen LogP contribution in [0.25, 0.3) is 0 Å². The third kappa shape index (κ3) is 4.30. The maximum absolute atomic E-state index is 6.02. The van der Waals surface area contributed by atoms with Crippen molar-refractivity contribution in [1.82, 2.24) is 4.90 Å². The van der Waals surface area contributed by atoms with Crippen LogP contribution in [-0.4, -0.2) is 24.5 Å². The van der Waals surface area contributed by atoms with Crippen molar-refractivity contribution in [2.75, 3.05) is 13.6 Å². The number of benzene rings is 1. The van der Waals surface area contributed by atoms with Crippen molar-refractivity contribution >= 4 is 11.6 Å². The summed E-state index contributed by atoms with van der Waals surface area (Å²) in [7, 11) is 2.16. The van der Waals surface area contributed by atoms with E-state index in [1.807, 2.05) is 18.2 Å². The van der Waals surface area contributed by atoms with Crippen molar-refractivity contribution in [3.8, 4) is 0 Å². The van der Waals surface area contributed by atoms with E-state index in [0.717, 1.165) is 24.4 Å². The van der Waals surface area contributed by atoms with Crippen LogP contribution in [0.5, 0.6) is 0 Å². The van der Waals surface area contributed by atoms with Crippen molar-refractivity contribution in [3.63, 3.8) is 0 Å². The highest BCUT2D eigenvalue weighted by Gasteiger charge is 2.16. The highest BCUT2D eigenvalue weighted by atomic mass is 35.5. The Bertz CT molecular complexity index is 341. The lowest BCUT2D eigenvalue weighted by Gasteiger charge is -2.31. The fourth-order valence-corrected chi connectivity index (χ4v) is 2.20. The van der Waals surface area contributed by atoms with Crippen molar-refractivity contribution in [2.24, 2.45) is 5.73 Å². The minimum Gasteiger partial charge on any atom is -0.330 e. The van der Waals surface area contributed by atoms with Gasteiger partial charge in [-0.25, -0.2) is 0 Å². The first-order chi connectivity index (χ1) is 8.06. The minimum absolute atomic E-state index is 0.376. The highest BCUT2D eigenvalue weighted by molar-refractivity contribution is 6.30. The summed E-state index contributed by atoms with van der Waals surface area (Å²) in [6.07, 6.45) is 2.21. The Morgan fingerprint density at radius 1 is 1.35 bits per heavy atom. The number of halogens is 1. The SMILES string of the molecule is CC(CCCN)N(C)C(C)c1cccc(Cl)c1. The molecule has 1 aromatic carbocycles. The molecule has 2 N–H and O–H groups in total. The summed E-state index contributed by atoms with van der Waals surface area (Å²) in [6.45, 7) is 5.23. The summed E-state index contributed by atoms with van der Waals surface area (Å²) < 4.78 is 0. The molecule has 0 radical (unpaired) electrons. The van der Waals surface area contributed by atoms with Gasteiger partial charge in [-0.15, -0.1) is 0 Å². The molecule has 2 atom stereocenters. The summed E-state index contributed by atoms with van der Waals surface area (Å²) >= 11 is 6.02. The van der Waals surface area contributed by atoms with Crippen LogP contribution in [0.3, 0.4) is 0 Å². The second-order valence-electron chi connectivity index (χ2n) is 4.68. The van der Waals surface area contributed by atoms with Crippen molar-refractivity contribution in [3.05, 3.63) is 34.9 Å². The Hall–Kier alpha value is -0.570. The van der Waals surface area contributed by atoms with Gasteiger partial charge in [0.15, 0.2) is 0 Å². The maximum Gasteiger partial charge on any atom is 0.0409 e. The predicted molar refractivity (Wildman–Crippen MR) is 75.4 cm³/mol. The number of rotatable bonds is 6. The van der Waals surface area contributed by atoms with Crippen LogP contribution in [0.4, 0.5) is 0 Å². The van der Waals surface area contributed by atoms with Gasteiger partial charge in [0.1, 0.15) is 0 Å². The molecular weight excluding hydrogens is 232 g/mol. The first-order valence-electron chi connectivity index (χ1n) is 6.23. The molecule has 0 bridgehead atoms. The molecule has 0 spiro atoms. The van der Waals surface area contributed by atoms with Crippen LogP contribution >= 0.6 is 11.6 Å². The predicted octanol–water partition coefficient (Wildman–Crippen LogP) is 3.46. The van der Waals surface area contributed by atoms with E-state index in [9.17, 15) is 0 Å². The standard InChI is InChI=1S/C14H23ClN2/c1-11(6-5-9-16)17(3)12(2)13-7-4-8-14(15)10-13/h4,7-8,10-12H,5-6,9,16H2,1-3H3. The van der Waals surface area contributed by atoms with Crippen molar-refractivity contribution in [1.29, 1.82) is 0 Å². The molecule has 1 rings (SSSR count). The Balaban J connectivity index is 2.65.